The van der Waals surface area contributed by atoms with Gasteiger partial charge in [-0.3, -0.25) is 4.98 Å². The van der Waals surface area contributed by atoms with Crippen LogP contribution in [-0.2, 0) is 0 Å². The number of nitrogens with zero attached hydrogens (tertiary/aromatic N) is 2. The van der Waals surface area contributed by atoms with Crippen LogP contribution in [0.25, 0.3) is 0 Å². The lowest BCUT2D eigenvalue weighted by molar-refractivity contribution is 0.575. The van der Waals surface area contributed by atoms with Gasteiger partial charge < -0.3 is 4.90 Å². The molecule has 0 atom stereocenters. The number of halogens is 1. The third-order valence-electron chi connectivity index (χ3n) is 2.17. The molecule has 15 heavy (non-hydrogen) atoms. The molecule has 0 fully saturated rings. The van der Waals surface area contributed by atoms with Crippen LogP contribution in [0.5, 0.6) is 0 Å². The zero-order valence-corrected chi connectivity index (χ0v) is 9.70. The maximum atomic E-state index is 13.5. The van der Waals surface area contributed by atoms with E-state index in [0.29, 0.717) is 11.6 Å². The Labute approximate surface area is 91.1 Å². The average molecular weight is 210 g/mol. The van der Waals surface area contributed by atoms with Crippen LogP contribution in [0.1, 0.15) is 27.2 Å². The van der Waals surface area contributed by atoms with Gasteiger partial charge in [0.1, 0.15) is 0 Å². The highest BCUT2D eigenvalue weighted by Crippen LogP contribution is 2.18. The lowest BCUT2D eigenvalue weighted by Gasteiger charge is -2.26. The summed E-state index contributed by atoms with van der Waals surface area (Å²) < 4.78 is 13.5. The van der Waals surface area contributed by atoms with Crippen molar-refractivity contribution in [3.63, 3.8) is 0 Å². The Kier molecular flexibility index (Phi) is 4.53. The van der Waals surface area contributed by atoms with Gasteiger partial charge in [-0.1, -0.05) is 20.8 Å². The minimum absolute atomic E-state index is 0.230. The minimum Gasteiger partial charge on any atom is -0.369 e. The molecule has 0 N–H and O–H groups in total. The molecule has 0 saturated heterocycles. The molecule has 0 saturated carbocycles. The normalized spacial score (nSPS) is 10.7. The van der Waals surface area contributed by atoms with Crippen molar-refractivity contribution in [3.05, 3.63) is 24.3 Å². The van der Waals surface area contributed by atoms with Crippen LogP contribution in [-0.4, -0.2) is 18.1 Å². The fourth-order valence-electron chi connectivity index (χ4n) is 1.65. The predicted molar refractivity (Wildman–Crippen MR) is 61.5 cm³/mol. The maximum Gasteiger partial charge on any atom is 0.164 e. The lowest BCUT2D eigenvalue weighted by atomic mass is 10.2. The molecular formula is C12H19FN2. The van der Waals surface area contributed by atoms with Crippen LogP contribution < -0.4 is 4.90 Å². The first-order valence-corrected chi connectivity index (χ1v) is 5.49. The SMILES string of the molecule is CCCN(CC(C)C)c1ccncc1F. The molecule has 0 bridgehead atoms. The lowest BCUT2D eigenvalue weighted by Crippen LogP contribution is -2.29. The molecular weight excluding hydrogens is 191 g/mol. The molecule has 0 aliphatic rings. The predicted octanol–water partition coefficient (Wildman–Crippen LogP) is 3.09. The highest BCUT2D eigenvalue weighted by molar-refractivity contribution is 5.46. The van der Waals surface area contributed by atoms with Crippen molar-refractivity contribution in [2.24, 2.45) is 5.92 Å². The maximum absolute atomic E-state index is 13.5. The Bertz CT molecular complexity index is 299. The van der Waals surface area contributed by atoms with Gasteiger partial charge in [-0.15, -0.1) is 0 Å². The first kappa shape index (κ1) is 12.0. The van der Waals surface area contributed by atoms with Gasteiger partial charge in [0.15, 0.2) is 5.82 Å². The summed E-state index contributed by atoms with van der Waals surface area (Å²) >= 11 is 0. The van der Waals surface area contributed by atoms with Crippen molar-refractivity contribution in [2.45, 2.75) is 27.2 Å². The average Bonchev–Trinajstić information content (AvgIpc) is 2.17. The third-order valence-corrected chi connectivity index (χ3v) is 2.17. The van der Waals surface area contributed by atoms with E-state index in [2.05, 4.69) is 30.7 Å². The van der Waals surface area contributed by atoms with Gasteiger partial charge in [0.2, 0.25) is 0 Å². The smallest absolute Gasteiger partial charge is 0.164 e. The summed E-state index contributed by atoms with van der Waals surface area (Å²) in [6.07, 6.45) is 3.94. The molecule has 0 aromatic carbocycles. The molecule has 0 aliphatic carbocycles. The summed E-state index contributed by atoms with van der Waals surface area (Å²) in [4.78, 5) is 5.85. The van der Waals surface area contributed by atoms with E-state index < -0.39 is 0 Å². The van der Waals surface area contributed by atoms with E-state index in [-0.39, 0.29) is 5.82 Å². The summed E-state index contributed by atoms with van der Waals surface area (Å²) in [7, 11) is 0. The topological polar surface area (TPSA) is 16.1 Å². The Hall–Kier alpha value is -1.12. The van der Waals surface area contributed by atoms with Crippen molar-refractivity contribution in [1.29, 1.82) is 0 Å². The van der Waals surface area contributed by atoms with Gasteiger partial charge in [0, 0.05) is 19.3 Å². The van der Waals surface area contributed by atoms with Crippen molar-refractivity contribution < 1.29 is 4.39 Å². The first-order chi connectivity index (χ1) is 7.15. The zero-order valence-electron chi connectivity index (χ0n) is 9.70. The fourth-order valence-corrected chi connectivity index (χ4v) is 1.65. The van der Waals surface area contributed by atoms with Crippen molar-refractivity contribution >= 4 is 5.69 Å². The number of anilines is 1. The van der Waals surface area contributed by atoms with Gasteiger partial charge in [0.25, 0.3) is 0 Å². The van der Waals surface area contributed by atoms with E-state index in [9.17, 15) is 4.39 Å². The highest BCUT2D eigenvalue weighted by Gasteiger charge is 2.11. The number of rotatable bonds is 5. The van der Waals surface area contributed by atoms with E-state index in [1.54, 1.807) is 12.3 Å². The summed E-state index contributed by atoms with van der Waals surface area (Å²) in [6.45, 7) is 8.16. The monoisotopic (exact) mass is 210 g/mol. The van der Waals surface area contributed by atoms with Gasteiger partial charge in [-0.25, -0.2) is 4.39 Å². The summed E-state index contributed by atoms with van der Waals surface area (Å²) in [5, 5.41) is 0. The molecule has 3 heteroatoms. The second-order valence-corrected chi connectivity index (χ2v) is 4.17. The van der Waals surface area contributed by atoms with Gasteiger partial charge in [-0.2, -0.15) is 0 Å². The molecule has 0 radical (unpaired) electrons. The van der Waals surface area contributed by atoms with E-state index in [0.717, 1.165) is 19.5 Å². The van der Waals surface area contributed by atoms with Gasteiger partial charge >= 0.3 is 0 Å². The fraction of sp³-hybridized carbons (Fsp3) is 0.583. The van der Waals surface area contributed by atoms with Crippen LogP contribution in [0.2, 0.25) is 0 Å². The van der Waals surface area contributed by atoms with E-state index in [4.69, 9.17) is 0 Å². The van der Waals surface area contributed by atoms with Crippen LogP contribution in [0.3, 0.4) is 0 Å². The van der Waals surface area contributed by atoms with Crippen LogP contribution in [0.15, 0.2) is 18.5 Å². The Morgan fingerprint density at radius 3 is 2.73 bits per heavy atom. The second-order valence-electron chi connectivity index (χ2n) is 4.17. The molecule has 0 spiro atoms. The standard InChI is InChI=1S/C12H19FN2/c1-4-7-15(9-10(2)3)12-5-6-14-8-11(12)13/h5-6,8,10H,4,7,9H2,1-3H3. The number of hydrogen-bond acceptors (Lipinski definition) is 2. The molecule has 0 aliphatic heterocycles. The molecule has 1 aromatic rings. The van der Waals surface area contributed by atoms with Crippen molar-refractivity contribution in [2.75, 3.05) is 18.0 Å². The van der Waals surface area contributed by atoms with Crippen LogP contribution in [0, 0.1) is 11.7 Å². The van der Waals surface area contributed by atoms with Gasteiger partial charge in [0.05, 0.1) is 11.9 Å². The van der Waals surface area contributed by atoms with E-state index in [1.165, 1.54) is 6.20 Å². The summed E-state index contributed by atoms with van der Waals surface area (Å²) in [5.41, 5.74) is 0.667. The first-order valence-electron chi connectivity index (χ1n) is 5.49. The Morgan fingerprint density at radius 2 is 2.20 bits per heavy atom. The third kappa shape index (κ3) is 3.50. The molecule has 0 unspecified atom stereocenters. The zero-order chi connectivity index (χ0) is 11.3. The van der Waals surface area contributed by atoms with Crippen LogP contribution >= 0.6 is 0 Å². The Morgan fingerprint density at radius 1 is 1.47 bits per heavy atom. The molecule has 84 valence electrons. The summed E-state index contributed by atoms with van der Waals surface area (Å²) in [5.74, 6) is 0.302. The Balaban J connectivity index is 2.83. The number of pyridine rings is 1. The highest BCUT2D eigenvalue weighted by atomic mass is 19.1. The minimum atomic E-state index is -0.230. The second kappa shape index (κ2) is 5.69. The molecule has 1 aromatic heterocycles. The quantitative estimate of drug-likeness (QED) is 0.742. The van der Waals surface area contributed by atoms with Crippen LogP contribution in [0.4, 0.5) is 10.1 Å². The summed E-state index contributed by atoms with van der Waals surface area (Å²) in [6, 6.07) is 1.74. The van der Waals surface area contributed by atoms with Gasteiger partial charge in [-0.05, 0) is 18.4 Å². The molecule has 1 heterocycles. The van der Waals surface area contributed by atoms with E-state index in [1.807, 2.05) is 0 Å². The largest absolute Gasteiger partial charge is 0.369 e. The number of aromatic nitrogens is 1. The number of hydrogen-bond donors (Lipinski definition) is 0. The van der Waals surface area contributed by atoms with Crippen molar-refractivity contribution in [3.8, 4) is 0 Å². The van der Waals surface area contributed by atoms with Crippen molar-refractivity contribution in [1.82, 2.24) is 4.98 Å². The molecule has 2 nitrogen and oxygen atoms in total. The van der Waals surface area contributed by atoms with E-state index >= 15 is 0 Å². The molecule has 1 rings (SSSR count). The molecule has 0 amide bonds.